The predicted molar refractivity (Wildman–Crippen MR) is 90.8 cm³/mol. The molecule has 1 heterocycles. The second kappa shape index (κ2) is 6.64. The quantitative estimate of drug-likeness (QED) is 0.898. The lowest BCUT2D eigenvalue weighted by molar-refractivity contribution is 0.00897. The second-order valence-electron chi connectivity index (χ2n) is 6.46. The van der Waals surface area contributed by atoms with Crippen molar-refractivity contribution in [1.82, 2.24) is 5.32 Å². The Kier molecular flexibility index (Phi) is 4.60. The van der Waals surface area contributed by atoms with E-state index in [1.54, 1.807) is 0 Å². The van der Waals surface area contributed by atoms with Gasteiger partial charge < -0.3 is 10.4 Å². The van der Waals surface area contributed by atoms with Crippen LogP contribution in [-0.4, -0.2) is 17.7 Å². The van der Waals surface area contributed by atoms with Gasteiger partial charge >= 0.3 is 0 Å². The van der Waals surface area contributed by atoms with Crippen molar-refractivity contribution in [3.05, 3.63) is 71.8 Å². The fourth-order valence-corrected chi connectivity index (χ4v) is 3.73. The van der Waals surface area contributed by atoms with E-state index in [9.17, 15) is 5.11 Å². The summed E-state index contributed by atoms with van der Waals surface area (Å²) in [5.74, 6) is 0.0522. The van der Waals surface area contributed by atoms with Gasteiger partial charge in [-0.2, -0.15) is 0 Å². The highest BCUT2D eigenvalue weighted by molar-refractivity contribution is 5.32. The summed E-state index contributed by atoms with van der Waals surface area (Å²) in [4.78, 5) is 0. The van der Waals surface area contributed by atoms with Gasteiger partial charge in [-0.15, -0.1) is 0 Å². The van der Waals surface area contributed by atoms with Crippen LogP contribution in [0.5, 0.6) is 0 Å². The third kappa shape index (κ3) is 3.08. The number of nitrogens with one attached hydrogen (secondary N) is 1. The third-order valence-electron chi connectivity index (χ3n) is 4.87. The molecule has 0 spiro atoms. The summed E-state index contributed by atoms with van der Waals surface area (Å²) in [6, 6.07) is 20.8. The lowest BCUT2D eigenvalue weighted by Gasteiger charge is -2.41. The Labute approximate surface area is 133 Å². The van der Waals surface area contributed by atoms with Gasteiger partial charge in [-0.3, -0.25) is 0 Å². The summed E-state index contributed by atoms with van der Waals surface area (Å²) < 4.78 is 0. The predicted octanol–water partition coefficient (Wildman–Crippen LogP) is 3.82. The van der Waals surface area contributed by atoms with Crippen LogP contribution < -0.4 is 5.32 Å². The number of benzene rings is 2. The fraction of sp³-hybridized carbons (Fsp3) is 0.400. The maximum atomic E-state index is 11.4. The number of aliphatic hydroxyl groups is 1. The lowest BCUT2D eigenvalue weighted by Crippen LogP contribution is -2.47. The van der Waals surface area contributed by atoms with E-state index < -0.39 is 5.60 Å². The molecular formula is C20H25NO. The van der Waals surface area contributed by atoms with E-state index in [0.717, 1.165) is 18.5 Å². The Hall–Kier alpha value is -1.64. The standard InChI is InChI=1S/C20H25NO/c1-20(22,17-12-6-3-7-13-17)19(16-10-4-2-5-11-16)18-14-8-9-15-21-18/h2-7,10-13,18-19,21-22H,8-9,14-15H2,1H3/t18-,19-,20-/m0/s1. The van der Waals surface area contributed by atoms with Crippen LogP contribution >= 0.6 is 0 Å². The van der Waals surface area contributed by atoms with Crippen molar-refractivity contribution < 1.29 is 5.11 Å². The molecule has 22 heavy (non-hydrogen) atoms. The fourth-order valence-electron chi connectivity index (χ4n) is 3.73. The summed E-state index contributed by atoms with van der Waals surface area (Å²) in [7, 11) is 0. The van der Waals surface area contributed by atoms with Crippen LogP contribution in [0.15, 0.2) is 60.7 Å². The van der Waals surface area contributed by atoms with Crippen molar-refractivity contribution in [3.63, 3.8) is 0 Å². The molecule has 0 radical (unpaired) electrons. The van der Waals surface area contributed by atoms with Crippen LogP contribution in [0.1, 0.15) is 43.2 Å². The zero-order valence-electron chi connectivity index (χ0n) is 13.2. The Morgan fingerprint density at radius 1 is 1.00 bits per heavy atom. The van der Waals surface area contributed by atoms with Gasteiger partial charge in [-0.1, -0.05) is 67.1 Å². The molecule has 2 N–H and O–H groups in total. The van der Waals surface area contributed by atoms with E-state index in [1.165, 1.54) is 18.4 Å². The van der Waals surface area contributed by atoms with E-state index in [2.05, 4.69) is 29.6 Å². The first-order valence-electron chi connectivity index (χ1n) is 8.26. The molecule has 116 valence electrons. The van der Waals surface area contributed by atoms with Gasteiger partial charge in [0.05, 0.1) is 5.60 Å². The van der Waals surface area contributed by atoms with E-state index in [0.29, 0.717) is 6.04 Å². The molecule has 0 aromatic heterocycles. The average Bonchev–Trinajstić information content (AvgIpc) is 2.58. The van der Waals surface area contributed by atoms with Gasteiger partial charge in [0.2, 0.25) is 0 Å². The number of piperidine rings is 1. The van der Waals surface area contributed by atoms with Crippen molar-refractivity contribution in [1.29, 1.82) is 0 Å². The molecule has 1 aliphatic rings. The maximum Gasteiger partial charge on any atom is 0.0951 e. The average molecular weight is 295 g/mol. The van der Waals surface area contributed by atoms with E-state index in [4.69, 9.17) is 0 Å². The number of hydrogen-bond donors (Lipinski definition) is 2. The molecule has 3 atom stereocenters. The van der Waals surface area contributed by atoms with Crippen LogP contribution in [0.4, 0.5) is 0 Å². The van der Waals surface area contributed by atoms with Gasteiger partial charge in [0, 0.05) is 12.0 Å². The molecule has 0 bridgehead atoms. The second-order valence-corrected chi connectivity index (χ2v) is 6.46. The van der Waals surface area contributed by atoms with Gasteiger partial charge in [0.15, 0.2) is 0 Å². The minimum Gasteiger partial charge on any atom is -0.385 e. The summed E-state index contributed by atoms with van der Waals surface area (Å²) in [5, 5.41) is 15.0. The molecule has 1 aliphatic heterocycles. The van der Waals surface area contributed by atoms with Crippen LogP contribution in [0.2, 0.25) is 0 Å². The number of rotatable bonds is 4. The topological polar surface area (TPSA) is 32.3 Å². The zero-order valence-corrected chi connectivity index (χ0v) is 13.2. The Morgan fingerprint density at radius 3 is 2.23 bits per heavy atom. The van der Waals surface area contributed by atoms with Gasteiger partial charge in [0.25, 0.3) is 0 Å². The molecule has 1 fully saturated rings. The third-order valence-corrected chi connectivity index (χ3v) is 4.87. The first-order chi connectivity index (χ1) is 10.7. The molecule has 2 heteroatoms. The Balaban J connectivity index is 2.01. The van der Waals surface area contributed by atoms with Crippen molar-refractivity contribution in [2.75, 3.05) is 6.54 Å². The normalized spacial score (nSPS) is 22.7. The van der Waals surface area contributed by atoms with Crippen molar-refractivity contribution in [2.24, 2.45) is 0 Å². The smallest absolute Gasteiger partial charge is 0.0951 e. The van der Waals surface area contributed by atoms with Crippen LogP contribution in [0.3, 0.4) is 0 Å². The van der Waals surface area contributed by atoms with Crippen molar-refractivity contribution in [2.45, 2.75) is 43.7 Å². The monoisotopic (exact) mass is 295 g/mol. The SMILES string of the molecule is C[C@](O)(c1ccccc1)[C@@H](c1ccccc1)[C@@H]1CCCCN1. The Bertz CT molecular complexity index is 573. The lowest BCUT2D eigenvalue weighted by atomic mass is 9.72. The molecule has 2 aromatic rings. The van der Waals surface area contributed by atoms with Crippen LogP contribution in [0, 0.1) is 0 Å². The molecule has 1 saturated heterocycles. The maximum absolute atomic E-state index is 11.4. The first-order valence-corrected chi connectivity index (χ1v) is 8.26. The molecule has 0 amide bonds. The van der Waals surface area contributed by atoms with E-state index in [-0.39, 0.29) is 5.92 Å². The van der Waals surface area contributed by atoms with Crippen molar-refractivity contribution in [3.8, 4) is 0 Å². The number of hydrogen-bond acceptors (Lipinski definition) is 2. The molecule has 2 aromatic carbocycles. The highest BCUT2D eigenvalue weighted by Crippen LogP contribution is 2.41. The summed E-state index contributed by atoms with van der Waals surface area (Å²) in [5.41, 5.74) is 1.30. The molecule has 2 nitrogen and oxygen atoms in total. The molecule has 0 unspecified atom stereocenters. The highest BCUT2D eigenvalue weighted by Gasteiger charge is 2.40. The zero-order chi connectivity index (χ0) is 15.4. The first kappa shape index (κ1) is 15.3. The largest absolute Gasteiger partial charge is 0.385 e. The van der Waals surface area contributed by atoms with Gasteiger partial charge in [-0.05, 0) is 37.4 Å². The summed E-state index contributed by atoms with van der Waals surface area (Å²) in [6.45, 7) is 3.00. The van der Waals surface area contributed by atoms with Crippen LogP contribution in [0.25, 0.3) is 0 Å². The minimum absolute atomic E-state index is 0.0522. The molecule has 0 aliphatic carbocycles. The van der Waals surface area contributed by atoms with Crippen LogP contribution in [-0.2, 0) is 5.60 Å². The molecule has 0 saturated carbocycles. The van der Waals surface area contributed by atoms with E-state index in [1.807, 2.05) is 43.3 Å². The van der Waals surface area contributed by atoms with Crippen molar-refractivity contribution >= 4 is 0 Å². The highest BCUT2D eigenvalue weighted by atomic mass is 16.3. The minimum atomic E-state index is -0.891. The molecule has 3 rings (SSSR count). The summed E-state index contributed by atoms with van der Waals surface area (Å²) >= 11 is 0. The van der Waals surface area contributed by atoms with E-state index >= 15 is 0 Å². The summed E-state index contributed by atoms with van der Waals surface area (Å²) in [6.07, 6.45) is 3.57. The van der Waals surface area contributed by atoms with Gasteiger partial charge in [0.1, 0.15) is 0 Å². The molecular weight excluding hydrogens is 270 g/mol. The van der Waals surface area contributed by atoms with Gasteiger partial charge in [-0.25, -0.2) is 0 Å². The Morgan fingerprint density at radius 2 is 1.64 bits per heavy atom.